The molecule has 0 aliphatic heterocycles. The Balaban J connectivity index is 1.72. The molecule has 0 saturated heterocycles. The molecule has 4 rings (SSSR count). The van der Waals surface area contributed by atoms with Gasteiger partial charge in [0, 0.05) is 23.0 Å². The highest BCUT2D eigenvalue weighted by atomic mass is 35.5. The van der Waals surface area contributed by atoms with Crippen LogP contribution in [0.1, 0.15) is 35.3 Å². The van der Waals surface area contributed by atoms with E-state index >= 15 is 0 Å². The Hall–Kier alpha value is -2.96. The maximum Gasteiger partial charge on any atom is 0.260 e. The zero-order valence-corrected chi connectivity index (χ0v) is 19.1. The van der Waals surface area contributed by atoms with E-state index in [2.05, 4.69) is 4.98 Å². The summed E-state index contributed by atoms with van der Waals surface area (Å²) in [6.07, 6.45) is 3.51. The van der Waals surface area contributed by atoms with Gasteiger partial charge in [-0.3, -0.25) is 14.7 Å². The number of benzene rings is 2. The third kappa shape index (κ3) is 4.86. The number of fused-ring (bicyclic) bond motifs is 1. The van der Waals surface area contributed by atoms with Gasteiger partial charge in [0.15, 0.2) is 5.13 Å². The maximum atomic E-state index is 13.5. The molecule has 0 N–H and O–H groups in total. The fraction of sp³-hybridized carbons (Fsp3) is 0.208. The van der Waals surface area contributed by atoms with Crippen molar-refractivity contribution in [3.05, 3.63) is 82.6 Å². The number of ether oxygens (including phenoxy) is 1. The predicted octanol–water partition coefficient (Wildman–Crippen LogP) is 6.29. The Morgan fingerprint density at radius 1 is 1.13 bits per heavy atom. The van der Waals surface area contributed by atoms with Gasteiger partial charge in [-0.15, -0.1) is 0 Å². The van der Waals surface area contributed by atoms with Crippen molar-refractivity contribution in [2.24, 2.45) is 0 Å². The Bertz CT molecular complexity index is 1210. The Morgan fingerprint density at radius 3 is 2.52 bits per heavy atom. The SMILES string of the molecule is Cc1cc(Cl)cc2sc(N(Cc3ccncc3)C(=O)c3ccc(OC(C)C)cc3)nc12. The molecule has 0 spiro atoms. The third-order valence-electron chi connectivity index (χ3n) is 4.68. The van der Waals surface area contributed by atoms with E-state index in [1.54, 1.807) is 29.4 Å². The molecule has 2 aromatic carbocycles. The van der Waals surface area contributed by atoms with Gasteiger partial charge >= 0.3 is 0 Å². The molecule has 1 amide bonds. The number of rotatable bonds is 6. The zero-order valence-electron chi connectivity index (χ0n) is 17.5. The lowest BCUT2D eigenvalue weighted by atomic mass is 10.1. The molecule has 0 fully saturated rings. The van der Waals surface area contributed by atoms with E-state index in [0.717, 1.165) is 27.1 Å². The average molecular weight is 452 g/mol. The van der Waals surface area contributed by atoms with Crippen LogP contribution in [0.3, 0.4) is 0 Å². The fourth-order valence-electron chi connectivity index (χ4n) is 3.26. The normalized spacial score (nSPS) is 11.1. The van der Waals surface area contributed by atoms with Crippen molar-refractivity contribution in [3.63, 3.8) is 0 Å². The van der Waals surface area contributed by atoms with E-state index in [9.17, 15) is 4.79 Å². The number of nitrogens with zero attached hydrogens (tertiary/aromatic N) is 3. The maximum absolute atomic E-state index is 13.5. The summed E-state index contributed by atoms with van der Waals surface area (Å²) >= 11 is 7.69. The number of carbonyl (C=O) groups is 1. The lowest BCUT2D eigenvalue weighted by molar-refractivity contribution is 0.0985. The van der Waals surface area contributed by atoms with E-state index < -0.39 is 0 Å². The van der Waals surface area contributed by atoms with Crippen molar-refractivity contribution >= 4 is 44.2 Å². The Kier molecular flexibility index (Phi) is 6.20. The molecule has 0 atom stereocenters. The van der Waals surface area contributed by atoms with Crippen molar-refractivity contribution in [3.8, 4) is 5.75 Å². The van der Waals surface area contributed by atoms with Crippen molar-refractivity contribution in [1.82, 2.24) is 9.97 Å². The summed E-state index contributed by atoms with van der Waals surface area (Å²) < 4.78 is 6.65. The summed E-state index contributed by atoms with van der Waals surface area (Å²) in [4.78, 5) is 24.1. The van der Waals surface area contributed by atoms with Gasteiger partial charge in [-0.05, 0) is 80.4 Å². The van der Waals surface area contributed by atoms with Crippen LogP contribution in [0.2, 0.25) is 5.02 Å². The van der Waals surface area contributed by atoms with Gasteiger partial charge in [0.2, 0.25) is 0 Å². The number of aromatic nitrogens is 2. The lowest BCUT2D eigenvalue weighted by Gasteiger charge is -2.20. The largest absolute Gasteiger partial charge is 0.491 e. The van der Waals surface area contributed by atoms with Gasteiger partial charge in [0.1, 0.15) is 5.75 Å². The number of anilines is 1. The smallest absolute Gasteiger partial charge is 0.260 e. The van der Waals surface area contributed by atoms with Gasteiger partial charge in [-0.2, -0.15) is 0 Å². The average Bonchev–Trinajstić information content (AvgIpc) is 3.16. The molecule has 5 nitrogen and oxygen atoms in total. The second kappa shape index (κ2) is 9.04. The molecule has 0 aliphatic carbocycles. The monoisotopic (exact) mass is 451 g/mol. The molecule has 0 unspecified atom stereocenters. The molecule has 4 aromatic rings. The van der Waals surface area contributed by atoms with Crippen molar-refractivity contribution in [2.45, 2.75) is 33.4 Å². The first-order valence-corrected chi connectivity index (χ1v) is 11.1. The minimum Gasteiger partial charge on any atom is -0.491 e. The number of hydrogen-bond acceptors (Lipinski definition) is 5. The first-order valence-electron chi connectivity index (χ1n) is 9.95. The summed E-state index contributed by atoms with van der Waals surface area (Å²) in [6, 6.07) is 14.8. The number of thiazole rings is 1. The van der Waals surface area contributed by atoms with Crippen LogP contribution in [0.25, 0.3) is 10.2 Å². The quantitative estimate of drug-likeness (QED) is 0.345. The number of hydrogen-bond donors (Lipinski definition) is 0. The van der Waals surface area contributed by atoms with E-state index in [1.807, 2.05) is 57.2 Å². The van der Waals surface area contributed by atoms with Crippen LogP contribution in [0.5, 0.6) is 5.75 Å². The summed E-state index contributed by atoms with van der Waals surface area (Å²) in [5.74, 6) is 0.605. The number of pyridine rings is 1. The van der Waals surface area contributed by atoms with Crippen LogP contribution in [0.4, 0.5) is 5.13 Å². The third-order valence-corrected chi connectivity index (χ3v) is 5.92. The molecular formula is C24H22ClN3O2S. The van der Waals surface area contributed by atoms with Crippen LogP contribution in [0.15, 0.2) is 60.9 Å². The first kappa shape index (κ1) is 21.3. The highest BCUT2D eigenvalue weighted by Crippen LogP contribution is 2.34. The highest BCUT2D eigenvalue weighted by Gasteiger charge is 2.22. The molecule has 2 aromatic heterocycles. The van der Waals surface area contributed by atoms with Gasteiger partial charge in [0.05, 0.1) is 22.9 Å². The molecular weight excluding hydrogens is 430 g/mol. The number of carbonyl (C=O) groups excluding carboxylic acids is 1. The molecule has 7 heteroatoms. The second-order valence-electron chi connectivity index (χ2n) is 7.50. The summed E-state index contributed by atoms with van der Waals surface area (Å²) in [7, 11) is 0. The van der Waals surface area contributed by atoms with Crippen LogP contribution in [-0.2, 0) is 6.54 Å². The van der Waals surface area contributed by atoms with Gasteiger partial charge < -0.3 is 4.74 Å². The van der Waals surface area contributed by atoms with Gasteiger partial charge in [0.25, 0.3) is 5.91 Å². The van der Waals surface area contributed by atoms with E-state index in [1.165, 1.54) is 11.3 Å². The molecule has 0 aliphatic rings. The fourth-order valence-corrected chi connectivity index (χ4v) is 4.68. The molecule has 158 valence electrons. The number of halogens is 1. The van der Waals surface area contributed by atoms with E-state index in [0.29, 0.717) is 22.3 Å². The topological polar surface area (TPSA) is 55.3 Å². The van der Waals surface area contributed by atoms with Crippen LogP contribution in [-0.4, -0.2) is 22.0 Å². The van der Waals surface area contributed by atoms with Crippen molar-refractivity contribution in [2.75, 3.05) is 4.90 Å². The highest BCUT2D eigenvalue weighted by molar-refractivity contribution is 7.22. The number of amides is 1. The van der Waals surface area contributed by atoms with Crippen LogP contribution >= 0.6 is 22.9 Å². The lowest BCUT2D eigenvalue weighted by Crippen LogP contribution is -2.30. The van der Waals surface area contributed by atoms with Crippen molar-refractivity contribution < 1.29 is 9.53 Å². The first-order chi connectivity index (χ1) is 14.9. The Morgan fingerprint density at radius 2 is 1.84 bits per heavy atom. The number of aryl methyl sites for hydroxylation is 1. The summed E-state index contributed by atoms with van der Waals surface area (Å²) in [6.45, 7) is 6.30. The molecule has 2 heterocycles. The molecule has 31 heavy (non-hydrogen) atoms. The van der Waals surface area contributed by atoms with E-state index in [-0.39, 0.29) is 12.0 Å². The zero-order chi connectivity index (χ0) is 22.0. The van der Waals surface area contributed by atoms with Crippen molar-refractivity contribution in [1.29, 1.82) is 0 Å². The van der Waals surface area contributed by atoms with Crippen LogP contribution < -0.4 is 9.64 Å². The van der Waals surface area contributed by atoms with Gasteiger partial charge in [-0.25, -0.2) is 4.98 Å². The molecule has 0 saturated carbocycles. The minimum absolute atomic E-state index is 0.0718. The summed E-state index contributed by atoms with van der Waals surface area (Å²) in [5, 5.41) is 1.29. The standard InChI is InChI=1S/C24H22ClN3O2S/c1-15(2)30-20-6-4-18(5-7-20)23(29)28(14-17-8-10-26-11-9-17)24-27-22-16(3)12-19(25)13-21(22)31-24/h4-13,15H,14H2,1-3H3. The van der Waals surface area contributed by atoms with E-state index in [4.69, 9.17) is 21.3 Å². The Labute approximate surface area is 190 Å². The molecule has 0 bridgehead atoms. The molecule has 0 radical (unpaired) electrons. The van der Waals surface area contributed by atoms with Crippen LogP contribution in [0, 0.1) is 6.92 Å². The predicted molar refractivity (Wildman–Crippen MR) is 126 cm³/mol. The summed E-state index contributed by atoms with van der Waals surface area (Å²) in [5.41, 5.74) is 3.38. The minimum atomic E-state index is -0.129. The van der Waals surface area contributed by atoms with Gasteiger partial charge in [-0.1, -0.05) is 22.9 Å². The second-order valence-corrected chi connectivity index (χ2v) is 8.95.